The monoisotopic (exact) mass is 1030 g/mol. The van der Waals surface area contributed by atoms with Crippen LogP contribution in [0.25, 0.3) is 39.4 Å². The van der Waals surface area contributed by atoms with Crippen molar-refractivity contribution in [2.75, 3.05) is 36.6 Å². The Morgan fingerprint density at radius 1 is 0.945 bits per heavy atom. The predicted octanol–water partition coefficient (Wildman–Crippen LogP) is 3.42. The van der Waals surface area contributed by atoms with E-state index >= 15 is 0 Å². The molecule has 4 aliphatic heterocycles. The molecule has 1 saturated heterocycles. The van der Waals surface area contributed by atoms with E-state index < -0.39 is 76.6 Å². The van der Waals surface area contributed by atoms with Gasteiger partial charge in [0, 0.05) is 79.3 Å². The number of hydrogen-bond acceptors (Lipinski definition) is 15. The van der Waals surface area contributed by atoms with Crippen molar-refractivity contribution in [2.24, 2.45) is 0 Å². The van der Waals surface area contributed by atoms with Crippen LogP contribution in [0.15, 0.2) is 99.8 Å². The quantitative estimate of drug-likeness (QED) is 0.0754. The molecule has 0 spiro atoms. The number of nitrogens with two attached hydrogens (primary N) is 1. The second kappa shape index (κ2) is 18.3. The summed E-state index contributed by atoms with van der Waals surface area (Å²) in [7, 11) is -10.4. The minimum absolute atomic E-state index is 0.0122. The van der Waals surface area contributed by atoms with Crippen LogP contribution in [0.3, 0.4) is 0 Å². The van der Waals surface area contributed by atoms with Gasteiger partial charge in [-0.25, -0.2) is 14.8 Å². The van der Waals surface area contributed by atoms with E-state index in [0.717, 1.165) is 5.56 Å². The molecule has 2 unspecified atom stereocenters. The maximum atomic E-state index is 14.6. The van der Waals surface area contributed by atoms with Crippen LogP contribution in [0, 0.1) is 0 Å². The molecule has 0 saturated carbocycles. The van der Waals surface area contributed by atoms with E-state index in [2.05, 4.69) is 20.6 Å². The lowest BCUT2D eigenvalue weighted by Gasteiger charge is -2.42. The highest BCUT2D eigenvalue weighted by atomic mass is 32.2. The van der Waals surface area contributed by atoms with Crippen LogP contribution in [0.4, 0.5) is 11.5 Å². The van der Waals surface area contributed by atoms with Gasteiger partial charge in [-0.3, -0.25) is 28.7 Å². The van der Waals surface area contributed by atoms with E-state index in [1.54, 1.807) is 53.8 Å². The first kappa shape index (κ1) is 48.7. The van der Waals surface area contributed by atoms with Gasteiger partial charge in [0.25, 0.3) is 10.1 Å². The van der Waals surface area contributed by atoms with Crippen molar-refractivity contribution in [3.8, 4) is 39.9 Å². The molecule has 22 nitrogen and oxygen atoms in total. The van der Waals surface area contributed by atoms with Crippen LogP contribution in [-0.4, -0.2) is 111 Å². The lowest BCUT2D eigenvalue weighted by atomic mass is 9.80. The Morgan fingerprint density at radius 3 is 2.47 bits per heavy atom. The number of carboxylic acids is 1. The van der Waals surface area contributed by atoms with Gasteiger partial charge in [-0.1, -0.05) is 31.2 Å². The Bertz CT molecular complexity index is 3680. The molecule has 24 heteroatoms. The number of aromatic nitrogens is 4. The summed E-state index contributed by atoms with van der Waals surface area (Å²) in [6, 6.07) is 14.9. The molecular formula is C49H48N9O13S2+. The number of imidazole rings is 1. The van der Waals surface area contributed by atoms with Gasteiger partial charge < -0.3 is 39.4 Å². The van der Waals surface area contributed by atoms with Crippen LogP contribution >= 0.6 is 0 Å². The number of carbonyl (C=O) groups excluding carboxylic acids is 2. The van der Waals surface area contributed by atoms with Crippen molar-refractivity contribution in [3.05, 3.63) is 113 Å². The fourth-order valence-electron chi connectivity index (χ4n) is 10.2. The van der Waals surface area contributed by atoms with Gasteiger partial charge in [-0.05, 0) is 78.8 Å². The highest BCUT2D eigenvalue weighted by Crippen LogP contribution is 2.51. The number of fused-ring (bicyclic) bond motifs is 4. The first-order valence-corrected chi connectivity index (χ1v) is 25.8. The maximum Gasteiger partial charge on any atom is 0.336 e. The molecule has 2 atom stereocenters. The molecule has 0 bridgehead atoms. The number of carboxylic acid groups (broad SMARTS) is 1. The Kier molecular flexibility index (Phi) is 12.2. The maximum absolute atomic E-state index is 14.6. The average Bonchev–Trinajstić information content (AvgIpc) is 4.04. The van der Waals surface area contributed by atoms with Crippen LogP contribution in [0.2, 0.25) is 0 Å². The smallest absolute Gasteiger partial charge is 0.336 e. The zero-order valence-electron chi connectivity index (χ0n) is 39.4. The first-order chi connectivity index (χ1) is 34.6. The second-order valence-corrected chi connectivity index (χ2v) is 21.5. The van der Waals surface area contributed by atoms with E-state index in [1.807, 2.05) is 31.7 Å². The summed E-state index contributed by atoms with van der Waals surface area (Å²) < 4.78 is 93.2. The second-order valence-electron chi connectivity index (χ2n) is 18.8. The van der Waals surface area contributed by atoms with Crippen LogP contribution < -0.4 is 35.8 Å². The molecule has 2 amide bonds. The number of ether oxygens (including phenoxy) is 2. The van der Waals surface area contributed by atoms with Crippen molar-refractivity contribution in [1.29, 1.82) is 0 Å². The molecule has 10 rings (SSSR count). The van der Waals surface area contributed by atoms with Crippen molar-refractivity contribution in [2.45, 2.75) is 73.9 Å². The highest BCUT2D eigenvalue weighted by molar-refractivity contribution is 7.86. The number of nitrogens with one attached hydrogen (secondary N) is 2. The van der Waals surface area contributed by atoms with E-state index in [4.69, 9.17) is 24.3 Å². The minimum atomic E-state index is -5.21. The molecule has 0 radical (unpaired) electrons. The van der Waals surface area contributed by atoms with Crippen molar-refractivity contribution < 1.29 is 64.7 Å². The highest BCUT2D eigenvalue weighted by Gasteiger charge is 2.40. The summed E-state index contributed by atoms with van der Waals surface area (Å²) in [5.41, 5.74) is -0.627. The third-order valence-electron chi connectivity index (χ3n) is 13.3. The first-order valence-electron chi connectivity index (χ1n) is 22.9. The Morgan fingerprint density at radius 2 is 1.73 bits per heavy atom. The average molecular weight is 1040 g/mol. The number of nitrogens with zero attached hydrogens (tertiary/aromatic N) is 6. The van der Waals surface area contributed by atoms with Gasteiger partial charge in [0.1, 0.15) is 12.1 Å². The summed E-state index contributed by atoms with van der Waals surface area (Å²) in [4.78, 5) is 57.1. The molecule has 1 fully saturated rings. The molecule has 2 aromatic heterocycles. The van der Waals surface area contributed by atoms with Crippen LogP contribution in [0.1, 0.15) is 66.6 Å². The molecule has 6 heterocycles. The van der Waals surface area contributed by atoms with E-state index in [1.165, 1.54) is 35.2 Å². The summed E-state index contributed by atoms with van der Waals surface area (Å²) >= 11 is 0. The third-order valence-corrected chi connectivity index (χ3v) is 15.1. The Balaban J connectivity index is 1.04. The predicted molar refractivity (Wildman–Crippen MR) is 260 cm³/mol. The summed E-state index contributed by atoms with van der Waals surface area (Å²) in [6.45, 7) is 6.16. The fourth-order valence-corrected chi connectivity index (χ4v) is 11.8. The van der Waals surface area contributed by atoms with Crippen molar-refractivity contribution >= 4 is 60.5 Å². The number of anilines is 2. The number of aromatic carboxylic acids is 1. The number of benzene rings is 4. The number of piperazine rings is 1. The van der Waals surface area contributed by atoms with E-state index in [-0.39, 0.29) is 90.1 Å². The minimum Gasteiger partial charge on any atom is -0.478 e. The van der Waals surface area contributed by atoms with Gasteiger partial charge in [-0.2, -0.15) is 21.8 Å². The SMILES string of the molecule is CC1CC(C)(C)Nc2c1cc1c(-c3cccc(CC(=O)N4CCN(c5ccnc(-n6ccnc6)n5)C(CC(=O)NCc5ccc6c(c5)OCO6)C4)c3C(=O)O)c3ccc(=[NH2+])c(S(=O)(=O)O)c-3oc1c2S(=O)(=O)O. The molecule has 5 aromatic rings. The molecule has 1 aliphatic carbocycles. The zero-order valence-corrected chi connectivity index (χ0v) is 41.0. The zero-order chi connectivity index (χ0) is 51.7. The molecule has 73 heavy (non-hydrogen) atoms. The van der Waals surface area contributed by atoms with Crippen molar-refractivity contribution in [3.63, 3.8) is 0 Å². The number of amides is 2. The van der Waals surface area contributed by atoms with Gasteiger partial charge >= 0.3 is 16.1 Å². The van der Waals surface area contributed by atoms with Gasteiger partial charge in [0.15, 0.2) is 27.7 Å². The van der Waals surface area contributed by atoms with E-state index in [9.17, 15) is 45.4 Å². The van der Waals surface area contributed by atoms with Gasteiger partial charge in [-0.15, -0.1) is 0 Å². The van der Waals surface area contributed by atoms with Crippen LogP contribution in [0.5, 0.6) is 11.5 Å². The van der Waals surface area contributed by atoms with Crippen LogP contribution in [-0.2, 0) is 42.8 Å². The summed E-state index contributed by atoms with van der Waals surface area (Å²) in [6.07, 6.45) is 6.35. The number of hydrogen-bond donors (Lipinski definition) is 6. The molecule has 3 aromatic carbocycles. The summed E-state index contributed by atoms with van der Waals surface area (Å²) in [5, 5.41) is 22.9. The molecule has 5 aliphatic rings. The lowest BCUT2D eigenvalue weighted by molar-refractivity contribution is -0.176. The van der Waals surface area contributed by atoms with Crippen molar-refractivity contribution in [1.82, 2.24) is 29.7 Å². The molecular weight excluding hydrogens is 987 g/mol. The lowest BCUT2D eigenvalue weighted by Crippen LogP contribution is -2.56. The van der Waals surface area contributed by atoms with E-state index in [0.29, 0.717) is 35.2 Å². The summed E-state index contributed by atoms with van der Waals surface area (Å²) in [5.74, 6) is -1.29. The molecule has 7 N–H and O–H groups in total. The van der Waals surface area contributed by atoms with Gasteiger partial charge in [0.2, 0.25) is 34.8 Å². The normalized spacial score (nSPS) is 17.3. The Hall–Kier alpha value is -7.93. The topological polar surface area (TPSA) is 312 Å². The number of carbonyl (C=O) groups is 3. The number of rotatable bonds is 12. The Labute approximate surface area is 417 Å². The van der Waals surface area contributed by atoms with Gasteiger partial charge in [0.05, 0.1) is 23.7 Å². The molecule has 378 valence electrons. The fraction of sp³-hybridized carbons (Fsp3) is 0.286. The largest absolute Gasteiger partial charge is 0.478 e. The third kappa shape index (κ3) is 9.28. The standard InChI is InChI=1S/C49H47N9O13S2/c1-26-21-49(2,3)55-42-32(26)20-33-41(31-8-9-34(50)45(72(63,64)65)43(31)71-44(33)46(42)73(66,67)68)30-6-4-5-28(40(30)47(61)62)18-39(60)56-15-16-58(37-11-12-52-48(54-37)57-14-13-51-24-57)29(23-56)19-38(59)53-22-27-7-10-35-36(17-27)70-25-69-35/h4-14,17,20,24,26,29,50,55H,15-16,18-19,21-23,25H2,1-3H3,(H,53,59)(H,61,62)(H,63,64,65)(H,66,67,68)/p+1.